The third-order valence-corrected chi connectivity index (χ3v) is 2.29. The van der Waals surface area contributed by atoms with Crippen LogP contribution in [-0.2, 0) is 9.53 Å². The number of benzene rings is 1. The van der Waals surface area contributed by atoms with Gasteiger partial charge < -0.3 is 14.8 Å². The highest BCUT2D eigenvalue weighted by molar-refractivity contribution is 5.98. The molecule has 0 atom stereocenters. The number of carbonyl (C=O) groups excluding carboxylic acids is 2. The zero-order valence-corrected chi connectivity index (χ0v) is 11.3. The molecular weight excluding hydrogens is 246 g/mol. The van der Waals surface area contributed by atoms with Crippen molar-refractivity contribution in [2.45, 2.75) is 20.3 Å². The van der Waals surface area contributed by atoms with Crippen LogP contribution in [0.1, 0.15) is 30.6 Å². The number of amides is 1. The molecule has 0 unspecified atom stereocenters. The second-order valence-corrected chi connectivity index (χ2v) is 3.83. The van der Waals surface area contributed by atoms with Crippen LogP contribution >= 0.6 is 0 Å². The highest BCUT2D eigenvalue weighted by Crippen LogP contribution is 2.17. The van der Waals surface area contributed by atoms with E-state index in [0.717, 1.165) is 6.42 Å². The Morgan fingerprint density at radius 3 is 2.63 bits per heavy atom. The maximum absolute atomic E-state index is 11.9. The molecule has 0 radical (unpaired) electrons. The highest BCUT2D eigenvalue weighted by atomic mass is 16.5. The Bertz CT molecular complexity index is 431. The van der Waals surface area contributed by atoms with E-state index < -0.39 is 5.97 Å². The second-order valence-electron chi connectivity index (χ2n) is 3.83. The maximum Gasteiger partial charge on any atom is 0.325 e. The monoisotopic (exact) mass is 265 g/mol. The van der Waals surface area contributed by atoms with Gasteiger partial charge in [0, 0.05) is 0 Å². The minimum absolute atomic E-state index is 0.144. The molecule has 0 fully saturated rings. The van der Waals surface area contributed by atoms with Gasteiger partial charge in [-0.2, -0.15) is 0 Å². The molecule has 19 heavy (non-hydrogen) atoms. The molecule has 1 aromatic carbocycles. The molecule has 1 aromatic rings. The zero-order chi connectivity index (χ0) is 14.1. The first-order chi connectivity index (χ1) is 9.19. The van der Waals surface area contributed by atoms with Gasteiger partial charge in [-0.25, -0.2) is 0 Å². The van der Waals surface area contributed by atoms with Crippen LogP contribution in [0.4, 0.5) is 0 Å². The van der Waals surface area contributed by atoms with Crippen LogP contribution < -0.4 is 10.1 Å². The van der Waals surface area contributed by atoms with Crippen molar-refractivity contribution in [2.75, 3.05) is 19.8 Å². The van der Waals surface area contributed by atoms with Crippen molar-refractivity contribution in [3.8, 4) is 5.75 Å². The van der Waals surface area contributed by atoms with Crippen molar-refractivity contribution < 1.29 is 19.1 Å². The fourth-order valence-corrected chi connectivity index (χ4v) is 1.45. The summed E-state index contributed by atoms with van der Waals surface area (Å²) in [7, 11) is 0. The lowest BCUT2D eigenvalue weighted by Gasteiger charge is -2.10. The van der Waals surface area contributed by atoms with E-state index in [-0.39, 0.29) is 12.5 Å². The summed E-state index contributed by atoms with van der Waals surface area (Å²) in [5.41, 5.74) is 0.417. The van der Waals surface area contributed by atoms with Gasteiger partial charge in [0.05, 0.1) is 18.8 Å². The summed E-state index contributed by atoms with van der Waals surface area (Å²) >= 11 is 0. The Morgan fingerprint density at radius 2 is 1.95 bits per heavy atom. The Hall–Kier alpha value is -2.04. The molecule has 5 heteroatoms. The first-order valence-electron chi connectivity index (χ1n) is 6.34. The van der Waals surface area contributed by atoms with E-state index in [4.69, 9.17) is 9.47 Å². The van der Waals surface area contributed by atoms with Crippen LogP contribution in [0, 0.1) is 0 Å². The molecule has 1 rings (SSSR count). The lowest BCUT2D eigenvalue weighted by atomic mass is 10.2. The van der Waals surface area contributed by atoms with Gasteiger partial charge in [-0.3, -0.25) is 9.59 Å². The number of hydrogen-bond donors (Lipinski definition) is 1. The van der Waals surface area contributed by atoms with Gasteiger partial charge in [0.2, 0.25) is 0 Å². The summed E-state index contributed by atoms with van der Waals surface area (Å²) < 4.78 is 10.2. The lowest BCUT2D eigenvalue weighted by molar-refractivity contribution is -0.141. The predicted molar refractivity (Wildman–Crippen MR) is 71.2 cm³/mol. The van der Waals surface area contributed by atoms with Crippen molar-refractivity contribution in [2.24, 2.45) is 0 Å². The summed E-state index contributed by atoms with van der Waals surface area (Å²) in [6, 6.07) is 6.94. The van der Waals surface area contributed by atoms with Gasteiger partial charge in [0.25, 0.3) is 5.91 Å². The van der Waals surface area contributed by atoms with Gasteiger partial charge in [-0.1, -0.05) is 19.1 Å². The van der Waals surface area contributed by atoms with Gasteiger partial charge in [-0.15, -0.1) is 0 Å². The van der Waals surface area contributed by atoms with Crippen LogP contribution in [0.5, 0.6) is 5.75 Å². The van der Waals surface area contributed by atoms with Crippen LogP contribution in [0.15, 0.2) is 24.3 Å². The van der Waals surface area contributed by atoms with E-state index in [0.29, 0.717) is 24.5 Å². The molecule has 0 aliphatic rings. The number of esters is 1. The molecule has 1 N–H and O–H groups in total. The molecule has 0 bridgehead atoms. The molecule has 0 aliphatic heterocycles. The molecule has 5 nitrogen and oxygen atoms in total. The lowest BCUT2D eigenvalue weighted by Crippen LogP contribution is -2.30. The predicted octanol–water partition coefficient (Wildman–Crippen LogP) is 1.77. The zero-order valence-electron chi connectivity index (χ0n) is 11.3. The SMILES string of the molecule is CCCOc1ccccc1C(=O)NCC(=O)OCC. The molecular formula is C14H19NO4. The van der Waals surface area contributed by atoms with Gasteiger partial charge in [-0.05, 0) is 25.5 Å². The standard InChI is InChI=1S/C14H19NO4/c1-3-9-19-12-8-6-5-7-11(12)14(17)15-10-13(16)18-4-2/h5-8H,3-4,9-10H2,1-2H3,(H,15,17). The smallest absolute Gasteiger partial charge is 0.325 e. The molecule has 0 saturated carbocycles. The third-order valence-electron chi connectivity index (χ3n) is 2.29. The van der Waals surface area contributed by atoms with Crippen molar-refractivity contribution in [1.82, 2.24) is 5.32 Å². The first kappa shape index (κ1) is 15.0. The minimum Gasteiger partial charge on any atom is -0.493 e. The number of hydrogen-bond acceptors (Lipinski definition) is 4. The average molecular weight is 265 g/mol. The molecule has 0 saturated heterocycles. The summed E-state index contributed by atoms with van der Waals surface area (Å²) in [6.07, 6.45) is 0.860. The summed E-state index contributed by atoms with van der Waals surface area (Å²) in [4.78, 5) is 23.1. The van der Waals surface area contributed by atoms with E-state index in [1.165, 1.54) is 0 Å². The van der Waals surface area contributed by atoms with Gasteiger partial charge >= 0.3 is 5.97 Å². The second kappa shape index (κ2) is 8.13. The van der Waals surface area contributed by atoms with Crippen molar-refractivity contribution >= 4 is 11.9 Å². The fraction of sp³-hybridized carbons (Fsp3) is 0.429. The Labute approximate surface area is 112 Å². The molecule has 0 aliphatic carbocycles. The van der Waals surface area contributed by atoms with Crippen LogP contribution in [-0.4, -0.2) is 31.6 Å². The van der Waals surface area contributed by atoms with Gasteiger partial charge in [0.1, 0.15) is 12.3 Å². The fourth-order valence-electron chi connectivity index (χ4n) is 1.45. The normalized spacial score (nSPS) is 9.79. The Kier molecular flexibility index (Phi) is 6.43. The van der Waals surface area contributed by atoms with Crippen molar-refractivity contribution in [3.63, 3.8) is 0 Å². The molecule has 0 spiro atoms. The van der Waals surface area contributed by atoms with Crippen LogP contribution in [0.2, 0.25) is 0 Å². The molecule has 0 aromatic heterocycles. The first-order valence-corrected chi connectivity index (χ1v) is 6.34. The molecule has 1 amide bonds. The number of carbonyl (C=O) groups is 2. The summed E-state index contributed by atoms with van der Waals surface area (Å²) in [5, 5.41) is 2.51. The number of rotatable bonds is 7. The summed E-state index contributed by atoms with van der Waals surface area (Å²) in [6.45, 7) is 4.40. The topological polar surface area (TPSA) is 64.6 Å². The molecule has 104 valence electrons. The van der Waals surface area contributed by atoms with Crippen LogP contribution in [0.25, 0.3) is 0 Å². The number of nitrogens with one attached hydrogen (secondary N) is 1. The minimum atomic E-state index is -0.456. The van der Waals surface area contributed by atoms with Gasteiger partial charge in [0.15, 0.2) is 0 Å². The average Bonchev–Trinajstić information content (AvgIpc) is 2.43. The third kappa shape index (κ3) is 4.99. The van der Waals surface area contributed by atoms with E-state index in [2.05, 4.69) is 5.32 Å². The largest absolute Gasteiger partial charge is 0.493 e. The molecule has 0 heterocycles. The number of para-hydroxylation sites is 1. The van der Waals surface area contributed by atoms with Crippen molar-refractivity contribution in [1.29, 1.82) is 0 Å². The van der Waals surface area contributed by atoms with E-state index >= 15 is 0 Å². The van der Waals surface area contributed by atoms with E-state index in [1.807, 2.05) is 6.92 Å². The number of ether oxygens (including phenoxy) is 2. The van der Waals surface area contributed by atoms with Crippen LogP contribution in [0.3, 0.4) is 0 Å². The van der Waals surface area contributed by atoms with E-state index in [9.17, 15) is 9.59 Å². The van der Waals surface area contributed by atoms with Crippen molar-refractivity contribution in [3.05, 3.63) is 29.8 Å². The highest BCUT2D eigenvalue weighted by Gasteiger charge is 2.13. The summed E-state index contributed by atoms with van der Waals surface area (Å²) in [5.74, 6) is -0.284. The Balaban J connectivity index is 2.63. The quantitative estimate of drug-likeness (QED) is 0.763. The maximum atomic E-state index is 11.9. The Morgan fingerprint density at radius 1 is 1.21 bits per heavy atom. The van der Waals surface area contributed by atoms with E-state index in [1.54, 1.807) is 31.2 Å².